The summed E-state index contributed by atoms with van der Waals surface area (Å²) in [7, 11) is 1.37. The second-order valence-corrected chi connectivity index (χ2v) is 6.99. The Morgan fingerprint density at radius 1 is 0.966 bits per heavy atom. The fourth-order valence-corrected chi connectivity index (χ4v) is 3.36. The van der Waals surface area contributed by atoms with Crippen molar-refractivity contribution < 1.29 is 14.2 Å². The monoisotopic (exact) mass is 384 g/mol. The van der Waals surface area contributed by atoms with Crippen molar-refractivity contribution in [3.8, 4) is 11.3 Å². The Morgan fingerprint density at radius 3 is 2.28 bits per heavy atom. The van der Waals surface area contributed by atoms with Gasteiger partial charge in [0.05, 0.1) is 18.1 Å². The molecule has 0 unspecified atom stereocenters. The van der Waals surface area contributed by atoms with Crippen molar-refractivity contribution in [2.45, 2.75) is 13.5 Å². The van der Waals surface area contributed by atoms with Gasteiger partial charge in [0.2, 0.25) is 0 Å². The number of carbonyl (C=O) groups is 1. The van der Waals surface area contributed by atoms with Crippen LogP contribution in [0, 0.1) is 6.92 Å². The highest BCUT2D eigenvalue weighted by molar-refractivity contribution is 5.98. The topological polar surface area (TPSA) is 69.1 Å². The van der Waals surface area contributed by atoms with Crippen LogP contribution in [0.4, 0.5) is 5.82 Å². The van der Waals surface area contributed by atoms with Gasteiger partial charge >= 0.3 is 11.8 Å². The molecule has 5 heteroatoms. The van der Waals surface area contributed by atoms with Gasteiger partial charge in [-0.2, -0.15) is 0 Å². The standard InChI is InChI=1S/C24H21N3O2/c1-16-7-11-18(12-8-16)22-20-5-3-4-6-21(20)23(25)27(26-22)15-17-9-13-19(14-10-17)24(28)29-2/h3-14,25H,15H2,1-2H3/p+1. The van der Waals surface area contributed by atoms with E-state index < -0.39 is 0 Å². The third-order valence-corrected chi connectivity index (χ3v) is 4.99. The third kappa shape index (κ3) is 3.67. The van der Waals surface area contributed by atoms with E-state index in [1.165, 1.54) is 12.7 Å². The van der Waals surface area contributed by atoms with Crippen LogP contribution in [-0.2, 0) is 11.3 Å². The van der Waals surface area contributed by atoms with Crippen LogP contribution >= 0.6 is 0 Å². The summed E-state index contributed by atoms with van der Waals surface area (Å²) < 4.78 is 6.57. The number of rotatable bonds is 4. The van der Waals surface area contributed by atoms with Gasteiger partial charge in [0.25, 0.3) is 0 Å². The molecule has 0 saturated carbocycles. The number of hydrogen-bond donors (Lipinski definition) is 1. The summed E-state index contributed by atoms with van der Waals surface area (Å²) in [6.07, 6.45) is 0. The molecule has 0 spiro atoms. The first-order chi connectivity index (χ1) is 14.1. The van der Waals surface area contributed by atoms with Crippen molar-refractivity contribution in [2.24, 2.45) is 0 Å². The van der Waals surface area contributed by atoms with Gasteiger partial charge in [-0.25, -0.2) is 4.79 Å². The van der Waals surface area contributed by atoms with E-state index in [1.807, 2.05) is 41.1 Å². The van der Waals surface area contributed by atoms with Crippen molar-refractivity contribution in [1.82, 2.24) is 5.10 Å². The van der Waals surface area contributed by atoms with Crippen LogP contribution in [0.25, 0.3) is 22.0 Å². The highest BCUT2D eigenvalue weighted by Crippen LogP contribution is 2.28. The van der Waals surface area contributed by atoms with Gasteiger partial charge < -0.3 is 4.74 Å². The van der Waals surface area contributed by atoms with E-state index in [0.29, 0.717) is 17.9 Å². The van der Waals surface area contributed by atoms with E-state index >= 15 is 0 Å². The summed E-state index contributed by atoms with van der Waals surface area (Å²) >= 11 is 0. The largest absolute Gasteiger partial charge is 0.465 e. The number of nitrogen functional groups attached to an aromatic ring is 1. The molecule has 0 fully saturated rings. The van der Waals surface area contributed by atoms with Crippen LogP contribution in [-0.4, -0.2) is 18.2 Å². The van der Waals surface area contributed by atoms with Gasteiger partial charge in [0, 0.05) is 10.9 Å². The van der Waals surface area contributed by atoms with Crippen LogP contribution in [0.5, 0.6) is 0 Å². The Hall–Kier alpha value is -3.73. The Bertz CT molecular complexity index is 1180. The normalized spacial score (nSPS) is 10.8. The van der Waals surface area contributed by atoms with Crippen molar-refractivity contribution in [3.05, 3.63) is 89.5 Å². The van der Waals surface area contributed by atoms with E-state index in [2.05, 4.69) is 31.2 Å². The predicted molar refractivity (Wildman–Crippen MR) is 113 cm³/mol. The minimum atomic E-state index is -0.353. The summed E-state index contributed by atoms with van der Waals surface area (Å²) in [5, 5.41) is 6.85. The Morgan fingerprint density at radius 2 is 1.62 bits per heavy atom. The van der Waals surface area contributed by atoms with Gasteiger partial charge in [-0.05, 0) is 30.7 Å². The van der Waals surface area contributed by atoms with E-state index in [-0.39, 0.29) is 5.97 Å². The molecule has 1 heterocycles. The second kappa shape index (κ2) is 7.72. The number of methoxy groups -OCH3 is 1. The summed E-state index contributed by atoms with van der Waals surface area (Å²) in [5.74, 6) is 0.253. The Labute approximate surface area is 169 Å². The fraction of sp³-hybridized carbons (Fsp3) is 0.125. The highest BCUT2D eigenvalue weighted by atomic mass is 16.5. The summed E-state index contributed by atoms with van der Waals surface area (Å²) in [6.45, 7) is 2.56. The SMILES string of the molecule is COC(=O)c1ccc(C[n+]2nc(-c3ccc(C)cc3)c3ccccc3c2N)cc1. The molecule has 0 aliphatic heterocycles. The second-order valence-electron chi connectivity index (χ2n) is 6.99. The molecule has 5 nitrogen and oxygen atoms in total. The number of fused-ring (bicyclic) bond motifs is 1. The zero-order valence-corrected chi connectivity index (χ0v) is 16.4. The van der Waals surface area contributed by atoms with Crippen molar-refractivity contribution in [1.29, 1.82) is 0 Å². The first-order valence-corrected chi connectivity index (χ1v) is 9.39. The number of benzene rings is 3. The molecule has 0 aliphatic rings. The first-order valence-electron chi connectivity index (χ1n) is 9.39. The number of nitrogens with zero attached hydrogens (tertiary/aromatic N) is 2. The van der Waals surface area contributed by atoms with Crippen LogP contribution in [0.1, 0.15) is 21.5 Å². The summed E-state index contributed by atoms with van der Waals surface area (Å²) in [6, 6.07) is 23.6. The number of ether oxygens (including phenoxy) is 1. The number of aromatic nitrogens is 2. The molecule has 29 heavy (non-hydrogen) atoms. The lowest BCUT2D eigenvalue weighted by Gasteiger charge is -2.10. The van der Waals surface area contributed by atoms with Crippen molar-refractivity contribution in [2.75, 3.05) is 12.8 Å². The lowest BCUT2D eigenvalue weighted by Crippen LogP contribution is -2.42. The van der Waals surface area contributed by atoms with Gasteiger partial charge in [-0.1, -0.05) is 65.3 Å². The average Bonchev–Trinajstić information content (AvgIpc) is 2.76. The Balaban J connectivity index is 1.79. The molecule has 0 saturated heterocycles. The highest BCUT2D eigenvalue weighted by Gasteiger charge is 2.18. The molecular formula is C24H22N3O2+. The first kappa shape index (κ1) is 18.6. The van der Waals surface area contributed by atoms with E-state index in [1.54, 1.807) is 12.1 Å². The predicted octanol–water partition coefficient (Wildman–Crippen LogP) is 3.91. The number of anilines is 1. The third-order valence-electron chi connectivity index (χ3n) is 4.99. The number of carbonyl (C=O) groups excluding carboxylic acids is 1. The number of aryl methyl sites for hydroxylation is 1. The molecule has 144 valence electrons. The molecule has 4 rings (SSSR count). The molecule has 0 bridgehead atoms. The maximum Gasteiger partial charge on any atom is 0.337 e. The van der Waals surface area contributed by atoms with Crippen molar-refractivity contribution >= 4 is 22.6 Å². The maximum atomic E-state index is 11.6. The van der Waals surface area contributed by atoms with Gasteiger partial charge in [-0.3, -0.25) is 5.73 Å². The maximum absolute atomic E-state index is 11.6. The minimum Gasteiger partial charge on any atom is -0.465 e. The smallest absolute Gasteiger partial charge is 0.337 e. The van der Waals surface area contributed by atoms with Crippen LogP contribution < -0.4 is 10.4 Å². The van der Waals surface area contributed by atoms with Crippen LogP contribution in [0.15, 0.2) is 72.8 Å². The zero-order chi connectivity index (χ0) is 20.4. The Kier molecular flexibility index (Phi) is 4.96. The lowest BCUT2D eigenvalue weighted by molar-refractivity contribution is -0.730. The number of hydrogen-bond acceptors (Lipinski definition) is 4. The lowest BCUT2D eigenvalue weighted by atomic mass is 10.0. The van der Waals surface area contributed by atoms with Gasteiger partial charge in [0.15, 0.2) is 0 Å². The number of esters is 1. The van der Waals surface area contributed by atoms with E-state index in [4.69, 9.17) is 15.6 Å². The average molecular weight is 384 g/mol. The molecule has 0 aliphatic carbocycles. The van der Waals surface area contributed by atoms with Crippen LogP contribution in [0.2, 0.25) is 0 Å². The summed E-state index contributed by atoms with van der Waals surface area (Å²) in [4.78, 5) is 11.6. The van der Waals surface area contributed by atoms with E-state index in [9.17, 15) is 4.79 Å². The molecular weight excluding hydrogens is 362 g/mol. The number of nitrogens with two attached hydrogens (primary N) is 1. The molecule has 0 radical (unpaired) electrons. The molecule has 0 amide bonds. The molecule has 4 aromatic rings. The molecule has 3 aromatic carbocycles. The quantitative estimate of drug-likeness (QED) is 0.428. The van der Waals surface area contributed by atoms with Crippen LogP contribution in [0.3, 0.4) is 0 Å². The minimum absolute atomic E-state index is 0.353. The van der Waals surface area contributed by atoms with Gasteiger partial charge in [0.1, 0.15) is 12.2 Å². The molecule has 1 aromatic heterocycles. The van der Waals surface area contributed by atoms with Crippen molar-refractivity contribution in [3.63, 3.8) is 0 Å². The fourth-order valence-electron chi connectivity index (χ4n) is 3.36. The summed E-state index contributed by atoms with van der Waals surface area (Å²) in [5.41, 5.74) is 11.1. The molecule has 2 N–H and O–H groups in total. The zero-order valence-electron chi connectivity index (χ0n) is 16.4. The molecule has 0 atom stereocenters. The van der Waals surface area contributed by atoms with Gasteiger partial charge in [-0.15, -0.1) is 4.68 Å². The van der Waals surface area contributed by atoms with E-state index in [0.717, 1.165) is 27.6 Å².